The molecule has 118 valence electrons. The summed E-state index contributed by atoms with van der Waals surface area (Å²) in [5.74, 6) is 2.09. The van der Waals surface area contributed by atoms with E-state index >= 15 is 0 Å². The van der Waals surface area contributed by atoms with E-state index in [4.69, 9.17) is 9.26 Å². The van der Waals surface area contributed by atoms with Crippen molar-refractivity contribution in [3.63, 3.8) is 0 Å². The van der Waals surface area contributed by atoms with Gasteiger partial charge in [0.1, 0.15) is 5.82 Å². The van der Waals surface area contributed by atoms with Gasteiger partial charge in [0, 0.05) is 39.4 Å². The Bertz CT molecular complexity index is 593. The number of ether oxygens (including phenoxy) is 1. The third-order valence-electron chi connectivity index (χ3n) is 3.65. The summed E-state index contributed by atoms with van der Waals surface area (Å²) in [5.41, 5.74) is 0.889. The van der Waals surface area contributed by atoms with Gasteiger partial charge in [-0.25, -0.2) is 4.98 Å². The van der Waals surface area contributed by atoms with Crippen molar-refractivity contribution in [1.29, 1.82) is 0 Å². The molecule has 0 bridgehead atoms. The minimum Gasteiger partial charge on any atom is -0.384 e. The average Bonchev–Trinajstić information content (AvgIpc) is 2.86. The third-order valence-corrected chi connectivity index (χ3v) is 3.65. The monoisotopic (exact) mass is 303 g/mol. The van der Waals surface area contributed by atoms with Crippen LogP contribution in [0.1, 0.15) is 12.2 Å². The highest BCUT2D eigenvalue weighted by Crippen LogP contribution is 2.27. The molecule has 0 amide bonds. The molecule has 1 fully saturated rings. The molecule has 1 saturated heterocycles. The van der Waals surface area contributed by atoms with Crippen molar-refractivity contribution in [3.8, 4) is 11.5 Å². The van der Waals surface area contributed by atoms with Crippen LogP contribution in [0.25, 0.3) is 11.5 Å². The van der Waals surface area contributed by atoms with Crippen molar-refractivity contribution in [2.45, 2.75) is 12.8 Å². The first-order chi connectivity index (χ1) is 10.9. The van der Waals surface area contributed by atoms with Crippen molar-refractivity contribution in [1.82, 2.24) is 20.4 Å². The Morgan fingerprint density at radius 2 is 2.32 bits per heavy atom. The zero-order valence-electron chi connectivity index (χ0n) is 12.8. The van der Waals surface area contributed by atoms with Crippen molar-refractivity contribution >= 4 is 5.82 Å². The molecule has 7 nitrogen and oxygen atoms in total. The van der Waals surface area contributed by atoms with Crippen molar-refractivity contribution in [3.05, 3.63) is 24.2 Å². The molecule has 3 heterocycles. The predicted molar refractivity (Wildman–Crippen MR) is 82.8 cm³/mol. The van der Waals surface area contributed by atoms with Gasteiger partial charge in [0.05, 0.1) is 12.2 Å². The summed E-state index contributed by atoms with van der Waals surface area (Å²) in [5, 5.41) is 7.41. The largest absolute Gasteiger partial charge is 0.384 e. The lowest BCUT2D eigenvalue weighted by atomic mass is 10.2. The molecule has 1 aliphatic heterocycles. The van der Waals surface area contributed by atoms with Crippen LogP contribution in [0.2, 0.25) is 0 Å². The van der Waals surface area contributed by atoms with Gasteiger partial charge in [-0.15, -0.1) is 0 Å². The maximum absolute atomic E-state index is 5.41. The summed E-state index contributed by atoms with van der Waals surface area (Å²) in [7, 11) is 1.66. The van der Waals surface area contributed by atoms with Gasteiger partial charge in [0.15, 0.2) is 5.82 Å². The van der Waals surface area contributed by atoms with E-state index in [1.54, 1.807) is 13.3 Å². The molecule has 0 aliphatic carbocycles. The minimum absolute atomic E-state index is 0.520. The number of rotatable bonds is 5. The van der Waals surface area contributed by atoms with Crippen LogP contribution in [0.4, 0.5) is 5.82 Å². The van der Waals surface area contributed by atoms with Crippen LogP contribution in [0.3, 0.4) is 0 Å². The van der Waals surface area contributed by atoms with Gasteiger partial charge in [-0.2, -0.15) is 4.98 Å². The number of hydrogen-bond donors (Lipinski definition) is 1. The van der Waals surface area contributed by atoms with Crippen molar-refractivity contribution in [2.75, 3.05) is 44.8 Å². The highest BCUT2D eigenvalue weighted by molar-refractivity contribution is 5.69. The Balaban J connectivity index is 1.85. The van der Waals surface area contributed by atoms with Gasteiger partial charge >= 0.3 is 0 Å². The number of pyridine rings is 1. The predicted octanol–water partition coefficient (Wildman–Crippen LogP) is 1.12. The summed E-state index contributed by atoms with van der Waals surface area (Å²) in [6.07, 6.45) is 3.54. The van der Waals surface area contributed by atoms with Gasteiger partial charge in [-0.1, -0.05) is 5.16 Å². The molecule has 1 N–H and O–H groups in total. The number of nitrogens with zero attached hydrogens (tertiary/aromatic N) is 4. The fourth-order valence-corrected chi connectivity index (χ4v) is 2.53. The van der Waals surface area contributed by atoms with Gasteiger partial charge in [0.25, 0.3) is 5.89 Å². The number of nitrogens with one attached hydrogen (secondary N) is 1. The Hall–Kier alpha value is -1.99. The first-order valence-corrected chi connectivity index (χ1v) is 7.61. The van der Waals surface area contributed by atoms with Gasteiger partial charge < -0.3 is 19.5 Å². The molecule has 7 heteroatoms. The Kier molecular flexibility index (Phi) is 4.97. The minimum atomic E-state index is 0.520. The summed E-state index contributed by atoms with van der Waals surface area (Å²) >= 11 is 0. The molecule has 0 saturated carbocycles. The molecule has 3 rings (SSSR count). The molecule has 2 aromatic heterocycles. The quantitative estimate of drug-likeness (QED) is 0.887. The first-order valence-electron chi connectivity index (χ1n) is 7.61. The fraction of sp³-hybridized carbons (Fsp3) is 0.533. The second kappa shape index (κ2) is 7.33. The van der Waals surface area contributed by atoms with Crippen LogP contribution in [0.15, 0.2) is 22.9 Å². The lowest BCUT2D eigenvalue weighted by Gasteiger charge is -2.22. The van der Waals surface area contributed by atoms with Gasteiger partial charge in [0.2, 0.25) is 0 Å². The van der Waals surface area contributed by atoms with Crippen LogP contribution in [-0.4, -0.2) is 55.0 Å². The molecular formula is C15H21N5O2. The molecule has 1 aliphatic rings. The average molecular weight is 303 g/mol. The summed E-state index contributed by atoms with van der Waals surface area (Å²) in [4.78, 5) is 11.3. The Labute approximate surface area is 129 Å². The highest BCUT2D eigenvalue weighted by atomic mass is 16.5. The lowest BCUT2D eigenvalue weighted by molar-refractivity contribution is 0.199. The van der Waals surface area contributed by atoms with E-state index in [1.807, 2.05) is 12.1 Å². The topological polar surface area (TPSA) is 76.3 Å². The van der Waals surface area contributed by atoms with E-state index < -0.39 is 0 Å². The van der Waals surface area contributed by atoms with E-state index in [-0.39, 0.29) is 0 Å². The number of aromatic nitrogens is 3. The maximum atomic E-state index is 5.41. The number of anilines is 1. The van der Waals surface area contributed by atoms with E-state index in [0.29, 0.717) is 24.7 Å². The molecule has 22 heavy (non-hydrogen) atoms. The zero-order valence-corrected chi connectivity index (χ0v) is 12.8. The summed E-state index contributed by atoms with van der Waals surface area (Å²) in [6.45, 7) is 4.48. The normalized spacial score (nSPS) is 15.8. The van der Waals surface area contributed by atoms with E-state index in [0.717, 1.165) is 44.0 Å². The van der Waals surface area contributed by atoms with Crippen molar-refractivity contribution < 1.29 is 9.26 Å². The summed E-state index contributed by atoms with van der Waals surface area (Å²) < 4.78 is 10.5. The Morgan fingerprint density at radius 1 is 1.36 bits per heavy atom. The number of methoxy groups -OCH3 is 1. The molecule has 0 atom stereocenters. The van der Waals surface area contributed by atoms with Crippen LogP contribution < -0.4 is 10.2 Å². The second-order valence-electron chi connectivity index (χ2n) is 5.22. The zero-order chi connectivity index (χ0) is 15.2. The molecular weight excluding hydrogens is 282 g/mol. The molecule has 0 spiro atoms. The molecule has 0 radical (unpaired) electrons. The lowest BCUT2D eigenvalue weighted by Crippen LogP contribution is -2.29. The van der Waals surface area contributed by atoms with E-state index in [9.17, 15) is 0 Å². The second-order valence-corrected chi connectivity index (χ2v) is 5.22. The van der Waals surface area contributed by atoms with Crippen LogP contribution >= 0.6 is 0 Å². The fourth-order valence-electron chi connectivity index (χ4n) is 2.53. The maximum Gasteiger partial charge on any atom is 0.261 e. The van der Waals surface area contributed by atoms with Crippen molar-refractivity contribution in [2.24, 2.45) is 0 Å². The SMILES string of the molecule is COCCc1noc(-c2cccnc2N2CCCNCC2)n1. The highest BCUT2D eigenvalue weighted by Gasteiger charge is 2.19. The van der Waals surface area contributed by atoms with Gasteiger partial charge in [-0.05, 0) is 25.1 Å². The van der Waals surface area contributed by atoms with Gasteiger partial charge in [-0.3, -0.25) is 0 Å². The standard InChI is InChI=1S/C15H21N5O2/c1-21-11-5-13-18-15(22-19-13)12-4-2-7-17-14(12)20-9-3-6-16-8-10-20/h2,4,7,16H,3,5-6,8-11H2,1H3. The first kappa shape index (κ1) is 14.9. The van der Waals surface area contributed by atoms with Crippen LogP contribution in [0.5, 0.6) is 0 Å². The van der Waals surface area contributed by atoms with Crippen LogP contribution in [0, 0.1) is 0 Å². The third kappa shape index (κ3) is 3.42. The number of hydrogen-bond acceptors (Lipinski definition) is 7. The molecule has 0 aromatic carbocycles. The molecule has 2 aromatic rings. The molecule has 0 unspecified atom stereocenters. The summed E-state index contributed by atoms with van der Waals surface area (Å²) in [6, 6.07) is 3.88. The smallest absolute Gasteiger partial charge is 0.261 e. The Morgan fingerprint density at radius 3 is 3.23 bits per heavy atom. The van der Waals surface area contributed by atoms with Crippen LogP contribution in [-0.2, 0) is 11.2 Å². The van der Waals surface area contributed by atoms with E-state index in [1.165, 1.54) is 0 Å². The van der Waals surface area contributed by atoms with E-state index in [2.05, 4.69) is 25.3 Å².